The van der Waals surface area contributed by atoms with Crippen molar-refractivity contribution in [2.24, 2.45) is 11.1 Å². The lowest BCUT2D eigenvalue weighted by molar-refractivity contribution is -0.384. The molecule has 38 heavy (non-hydrogen) atoms. The normalized spacial score (nSPS) is 15.8. The van der Waals surface area contributed by atoms with E-state index in [1.54, 1.807) is 36.4 Å². The van der Waals surface area contributed by atoms with Gasteiger partial charge in [-0.3, -0.25) is 14.9 Å². The molecule has 194 valence electrons. The van der Waals surface area contributed by atoms with Gasteiger partial charge in [-0.05, 0) is 71.7 Å². The molecule has 0 N–H and O–H groups in total. The van der Waals surface area contributed by atoms with Crippen LogP contribution in [0.3, 0.4) is 0 Å². The number of fused-ring (bicyclic) bond motifs is 3. The number of oxime groups is 1. The first-order valence-corrected chi connectivity index (χ1v) is 13.2. The maximum absolute atomic E-state index is 13.8. The van der Waals surface area contributed by atoms with Crippen molar-refractivity contribution in [2.45, 2.75) is 57.8 Å². The van der Waals surface area contributed by atoms with Gasteiger partial charge >= 0.3 is 5.97 Å². The molecule has 3 aromatic rings. The highest BCUT2D eigenvalue weighted by Crippen LogP contribution is 2.53. The molecule has 5 rings (SSSR count). The Hall–Kier alpha value is -4.13. The first-order valence-electron chi connectivity index (χ1n) is 13.2. The topological polar surface area (TPSA) is 98.9 Å². The van der Waals surface area contributed by atoms with E-state index in [1.807, 2.05) is 24.3 Å². The summed E-state index contributed by atoms with van der Waals surface area (Å²) in [5, 5.41) is 15.6. The van der Waals surface area contributed by atoms with Crippen LogP contribution in [0.1, 0.15) is 84.2 Å². The van der Waals surface area contributed by atoms with Gasteiger partial charge < -0.3 is 4.84 Å². The first-order chi connectivity index (χ1) is 18.4. The van der Waals surface area contributed by atoms with Crippen LogP contribution in [0.25, 0.3) is 11.1 Å². The number of carbonyl (C=O) groups excluding carboxylic acids is 2. The smallest absolute Gasteiger partial charge is 0.312 e. The molecule has 2 aliphatic rings. The Morgan fingerprint density at radius 1 is 0.947 bits per heavy atom. The molecule has 0 radical (unpaired) electrons. The lowest BCUT2D eigenvalue weighted by Crippen LogP contribution is -2.25. The van der Waals surface area contributed by atoms with E-state index in [0.717, 1.165) is 54.4 Å². The fourth-order valence-corrected chi connectivity index (χ4v) is 5.78. The fourth-order valence-electron chi connectivity index (χ4n) is 5.78. The molecule has 1 fully saturated rings. The zero-order valence-corrected chi connectivity index (χ0v) is 21.6. The van der Waals surface area contributed by atoms with E-state index in [1.165, 1.54) is 6.07 Å². The molecule has 7 nitrogen and oxygen atoms in total. The summed E-state index contributed by atoms with van der Waals surface area (Å²) in [7, 11) is 0. The number of ketones is 1. The second-order valence-electron chi connectivity index (χ2n) is 10.1. The number of nitrogens with zero attached hydrogens (tertiary/aromatic N) is 2. The summed E-state index contributed by atoms with van der Waals surface area (Å²) in [5.41, 5.74) is 4.59. The molecule has 0 saturated heterocycles. The van der Waals surface area contributed by atoms with Crippen molar-refractivity contribution in [2.75, 3.05) is 0 Å². The lowest BCUT2D eigenvalue weighted by atomic mass is 9.73. The van der Waals surface area contributed by atoms with Crippen molar-refractivity contribution in [1.29, 1.82) is 0 Å². The maximum Gasteiger partial charge on any atom is 0.365 e. The van der Waals surface area contributed by atoms with E-state index in [-0.39, 0.29) is 22.1 Å². The molecule has 3 aromatic carbocycles. The zero-order chi connectivity index (χ0) is 26.9. The zero-order valence-electron chi connectivity index (χ0n) is 21.6. The van der Waals surface area contributed by atoms with Crippen LogP contribution in [0.5, 0.6) is 0 Å². The van der Waals surface area contributed by atoms with Gasteiger partial charge in [0.05, 0.1) is 10.5 Å². The third kappa shape index (κ3) is 4.42. The van der Waals surface area contributed by atoms with Crippen LogP contribution in [-0.2, 0) is 10.3 Å². The molecule has 2 aliphatic carbocycles. The van der Waals surface area contributed by atoms with Crippen molar-refractivity contribution >= 4 is 23.2 Å². The van der Waals surface area contributed by atoms with Gasteiger partial charge in [-0.2, -0.15) is 0 Å². The highest BCUT2D eigenvalue weighted by molar-refractivity contribution is 6.46. The third-order valence-corrected chi connectivity index (χ3v) is 8.24. The predicted octanol–water partition coefficient (Wildman–Crippen LogP) is 7.27. The highest BCUT2D eigenvalue weighted by atomic mass is 16.7. The van der Waals surface area contributed by atoms with Crippen molar-refractivity contribution in [1.82, 2.24) is 0 Å². The number of nitro benzene ring substituents is 1. The van der Waals surface area contributed by atoms with E-state index >= 15 is 0 Å². The number of hydrogen-bond acceptors (Lipinski definition) is 6. The minimum absolute atomic E-state index is 0.0641. The summed E-state index contributed by atoms with van der Waals surface area (Å²) in [6, 6.07) is 19.2. The molecule has 0 heterocycles. The second-order valence-corrected chi connectivity index (χ2v) is 10.1. The van der Waals surface area contributed by atoms with E-state index in [2.05, 4.69) is 19.0 Å². The summed E-state index contributed by atoms with van der Waals surface area (Å²) in [5.74, 6) is -0.521. The van der Waals surface area contributed by atoms with Crippen molar-refractivity contribution in [3.8, 4) is 11.1 Å². The van der Waals surface area contributed by atoms with Gasteiger partial charge in [-0.1, -0.05) is 68.6 Å². The van der Waals surface area contributed by atoms with Crippen LogP contribution < -0.4 is 0 Å². The summed E-state index contributed by atoms with van der Waals surface area (Å²) in [6.07, 6.45) is 5.09. The SMILES string of the molecule is CCC1(CC)c2cc(C(=O)/C(CC3CCC3)=N/OC(=O)c3ccccc3)ccc2-c2ccc([N+](=O)[O-])cc21. The lowest BCUT2D eigenvalue weighted by Gasteiger charge is -2.29. The average molecular weight is 511 g/mol. The Morgan fingerprint density at radius 3 is 2.21 bits per heavy atom. The fraction of sp³-hybridized carbons (Fsp3) is 0.323. The van der Waals surface area contributed by atoms with Crippen molar-refractivity contribution in [3.63, 3.8) is 0 Å². The molecule has 1 saturated carbocycles. The number of rotatable bonds is 9. The van der Waals surface area contributed by atoms with Gasteiger partial charge in [0.15, 0.2) is 0 Å². The van der Waals surface area contributed by atoms with Crippen LogP contribution in [0, 0.1) is 16.0 Å². The van der Waals surface area contributed by atoms with Crippen LogP contribution in [-0.4, -0.2) is 22.4 Å². The molecule has 0 spiro atoms. The minimum atomic E-state index is -0.605. The molecule has 0 aromatic heterocycles. The Bertz CT molecular complexity index is 1440. The molecular weight excluding hydrogens is 480 g/mol. The van der Waals surface area contributed by atoms with Gasteiger partial charge in [-0.25, -0.2) is 4.79 Å². The minimum Gasteiger partial charge on any atom is -0.312 e. The van der Waals surface area contributed by atoms with Crippen LogP contribution in [0.4, 0.5) is 5.69 Å². The van der Waals surface area contributed by atoms with E-state index in [4.69, 9.17) is 4.84 Å². The van der Waals surface area contributed by atoms with Gasteiger partial charge in [0.1, 0.15) is 5.71 Å². The Balaban J connectivity index is 1.51. The summed E-state index contributed by atoms with van der Waals surface area (Å²) < 4.78 is 0. The number of nitro groups is 1. The van der Waals surface area contributed by atoms with Crippen LogP contribution >= 0.6 is 0 Å². The summed E-state index contributed by atoms with van der Waals surface area (Å²) in [6.45, 7) is 4.14. The van der Waals surface area contributed by atoms with Gasteiger partial charge in [0.2, 0.25) is 5.78 Å². The average Bonchev–Trinajstić information content (AvgIpc) is 3.20. The molecule has 0 unspecified atom stereocenters. The largest absolute Gasteiger partial charge is 0.365 e. The van der Waals surface area contributed by atoms with Gasteiger partial charge in [-0.15, -0.1) is 0 Å². The van der Waals surface area contributed by atoms with Crippen LogP contribution in [0.15, 0.2) is 71.9 Å². The standard InChI is InChI=1S/C31H30N2O5/c1-3-31(4-2)26-18-22(13-15-24(26)25-16-14-23(33(36)37)19-27(25)31)29(34)28(17-20-9-8-10-20)32-38-30(35)21-11-6-5-7-12-21/h5-7,11-16,18-20H,3-4,8-10,17H2,1-2H3/b32-28+. The Labute approximate surface area is 221 Å². The van der Waals surface area contributed by atoms with E-state index < -0.39 is 11.4 Å². The number of non-ortho nitro benzene ring substituents is 1. The molecular formula is C31H30N2O5. The third-order valence-electron chi connectivity index (χ3n) is 8.24. The molecule has 7 heteroatoms. The maximum atomic E-state index is 13.8. The van der Waals surface area contributed by atoms with Crippen molar-refractivity contribution < 1.29 is 19.3 Å². The number of benzene rings is 3. The van der Waals surface area contributed by atoms with E-state index in [0.29, 0.717) is 23.5 Å². The number of hydrogen-bond donors (Lipinski definition) is 0. The molecule has 0 atom stereocenters. The van der Waals surface area contributed by atoms with E-state index in [9.17, 15) is 19.7 Å². The van der Waals surface area contributed by atoms with Gasteiger partial charge in [0, 0.05) is 23.1 Å². The number of carbonyl (C=O) groups is 2. The monoisotopic (exact) mass is 510 g/mol. The molecule has 0 aliphatic heterocycles. The Kier molecular flexibility index (Phi) is 6.93. The summed E-state index contributed by atoms with van der Waals surface area (Å²) in [4.78, 5) is 42.6. The number of Topliss-reactive ketones (excluding diaryl/α,β-unsaturated/α-hetero) is 1. The molecule has 0 bridgehead atoms. The molecule has 0 amide bonds. The second kappa shape index (κ2) is 10.3. The van der Waals surface area contributed by atoms with Crippen LogP contribution in [0.2, 0.25) is 0 Å². The summed E-state index contributed by atoms with van der Waals surface area (Å²) >= 11 is 0. The first kappa shape index (κ1) is 25.5. The Morgan fingerprint density at radius 2 is 1.61 bits per heavy atom. The quantitative estimate of drug-likeness (QED) is 0.0991. The van der Waals surface area contributed by atoms with Crippen molar-refractivity contribution in [3.05, 3.63) is 99.1 Å². The highest BCUT2D eigenvalue weighted by Gasteiger charge is 2.42. The van der Waals surface area contributed by atoms with Gasteiger partial charge in [0.25, 0.3) is 5.69 Å². The predicted molar refractivity (Wildman–Crippen MR) is 145 cm³/mol.